The first-order chi connectivity index (χ1) is 3.39. The molecule has 0 aromatic heterocycles. The molecular formula is C5H9OS. The van der Waals surface area contributed by atoms with E-state index in [1.807, 2.05) is 18.2 Å². The minimum Gasteiger partial charge on any atom is -0.392 e. The summed E-state index contributed by atoms with van der Waals surface area (Å²) in [7, 11) is 0. The van der Waals surface area contributed by atoms with Gasteiger partial charge in [0.15, 0.2) is 0 Å². The molecule has 0 aliphatic carbocycles. The smallest absolute Gasteiger partial charge is 0.0662 e. The Hall–Kier alpha value is 0.310. The predicted molar refractivity (Wildman–Crippen MR) is 32.2 cm³/mol. The third-order valence-electron chi connectivity index (χ3n) is 0.990. The summed E-state index contributed by atoms with van der Waals surface area (Å²) < 4.78 is 0. The Kier molecular flexibility index (Phi) is 2.00. The van der Waals surface area contributed by atoms with E-state index >= 15 is 0 Å². The van der Waals surface area contributed by atoms with Gasteiger partial charge in [0, 0.05) is 5.75 Å². The van der Waals surface area contributed by atoms with Crippen molar-refractivity contribution in [3.8, 4) is 0 Å². The van der Waals surface area contributed by atoms with Gasteiger partial charge in [-0.05, 0) is 18.6 Å². The zero-order valence-electron chi connectivity index (χ0n) is 4.13. The van der Waals surface area contributed by atoms with Crippen LogP contribution in [0.3, 0.4) is 0 Å². The van der Waals surface area contributed by atoms with Crippen molar-refractivity contribution in [1.29, 1.82) is 0 Å². The molecule has 1 atom stereocenters. The molecule has 0 bridgehead atoms. The quantitative estimate of drug-likeness (QED) is 0.503. The van der Waals surface area contributed by atoms with Crippen LogP contribution in [0.25, 0.3) is 0 Å². The standard InChI is InChI=1S/C5H9OS/c6-5-2-1-3-7-4-5/h2,5-6H,1,3-4H2. The maximum atomic E-state index is 8.83. The summed E-state index contributed by atoms with van der Waals surface area (Å²) in [6, 6.07) is 0. The summed E-state index contributed by atoms with van der Waals surface area (Å²) in [5, 5.41) is 8.83. The van der Waals surface area contributed by atoms with Gasteiger partial charge in [0.2, 0.25) is 0 Å². The molecule has 1 N–H and O–H groups in total. The zero-order chi connectivity index (χ0) is 5.11. The molecule has 1 unspecified atom stereocenters. The molecule has 0 aromatic carbocycles. The number of aliphatic hydroxyl groups is 1. The lowest BCUT2D eigenvalue weighted by atomic mass is 10.2. The first-order valence-electron chi connectivity index (χ1n) is 2.49. The minimum absolute atomic E-state index is 0.126. The Bertz CT molecular complexity index is 50.0. The van der Waals surface area contributed by atoms with E-state index in [1.165, 1.54) is 5.75 Å². The fourth-order valence-electron chi connectivity index (χ4n) is 0.616. The molecule has 1 radical (unpaired) electrons. The van der Waals surface area contributed by atoms with Crippen LogP contribution in [0.2, 0.25) is 0 Å². The summed E-state index contributed by atoms with van der Waals surface area (Å²) in [4.78, 5) is 0. The Balaban J connectivity index is 2.12. The van der Waals surface area contributed by atoms with Gasteiger partial charge in [-0.15, -0.1) is 0 Å². The van der Waals surface area contributed by atoms with Crippen molar-refractivity contribution < 1.29 is 5.11 Å². The summed E-state index contributed by atoms with van der Waals surface area (Å²) in [5.74, 6) is 2.09. The van der Waals surface area contributed by atoms with Crippen LogP contribution < -0.4 is 0 Å². The van der Waals surface area contributed by atoms with Crippen molar-refractivity contribution in [3.05, 3.63) is 6.42 Å². The Morgan fingerprint density at radius 3 is 2.86 bits per heavy atom. The van der Waals surface area contributed by atoms with Crippen LogP contribution in [-0.2, 0) is 0 Å². The van der Waals surface area contributed by atoms with Gasteiger partial charge in [0.25, 0.3) is 0 Å². The second kappa shape index (κ2) is 2.58. The summed E-state index contributed by atoms with van der Waals surface area (Å²) >= 11 is 1.82. The molecule has 0 aromatic rings. The first kappa shape index (κ1) is 5.45. The van der Waals surface area contributed by atoms with Crippen molar-refractivity contribution in [1.82, 2.24) is 0 Å². The molecule has 1 aliphatic heterocycles. The molecule has 0 spiro atoms. The highest BCUT2D eigenvalue weighted by Crippen LogP contribution is 2.14. The highest BCUT2D eigenvalue weighted by atomic mass is 32.2. The van der Waals surface area contributed by atoms with Crippen LogP contribution in [0.4, 0.5) is 0 Å². The van der Waals surface area contributed by atoms with Crippen LogP contribution in [-0.4, -0.2) is 22.7 Å². The van der Waals surface area contributed by atoms with E-state index in [9.17, 15) is 0 Å². The fraction of sp³-hybridized carbons (Fsp3) is 0.800. The lowest BCUT2D eigenvalue weighted by molar-refractivity contribution is 0.226. The van der Waals surface area contributed by atoms with Crippen molar-refractivity contribution >= 4 is 11.8 Å². The van der Waals surface area contributed by atoms with Crippen LogP contribution in [0.15, 0.2) is 0 Å². The molecule has 1 aliphatic rings. The predicted octanol–water partition coefficient (Wildman–Crippen LogP) is 0.688. The van der Waals surface area contributed by atoms with Gasteiger partial charge in [-0.1, -0.05) is 0 Å². The molecule has 1 nitrogen and oxygen atoms in total. The van der Waals surface area contributed by atoms with E-state index < -0.39 is 0 Å². The molecular weight excluding hydrogens is 108 g/mol. The number of hydrogen-bond donors (Lipinski definition) is 1. The highest BCUT2D eigenvalue weighted by molar-refractivity contribution is 7.99. The van der Waals surface area contributed by atoms with Gasteiger partial charge in [-0.25, -0.2) is 0 Å². The SMILES string of the molecule is OC1[CH]CCSC1. The van der Waals surface area contributed by atoms with E-state index in [1.54, 1.807) is 0 Å². The summed E-state index contributed by atoms with van der Waals surface area (Å²) in [6.07, 6.45) is 2.92. The third-order valence-corrected chi connectivity index (χ3v) is 2.09. The van der Waals surface area contributed by atoms with Crippen molar-refractivity contribution in [3.63, 3.8) is 0 Å². The number of thioether (sulfide) groups is 1. The van der Waals surface area contributed by atoms with E-state index in [0.717, 1.165) is 12.2 Å². The Morgan fingerprint density at radius 2 is 2.57 bits per heavy atom. The fourth-order valence-corrected chi connectivity index (χ4v) is 1.46. The topological polar surface area (TPSA) is 20.2 Å². The molecule has 0 saturated carbocycles. The second-order valence-corrected chi connectivity index (χ2v) is 2.82. The lowest BCUT2D eigenvalue weighted by Crippen LogP contribution is -2.15. The van der Waals surface area contributed by atoms with E-state index in [0.29, 0.717) is 0 Å². The van der Waals surface area contributed by atoms with Crippen molar-refractivity contribution in [2.24, 2.45) is 0 Å². The van der Waals surface area contributed by atoms with Crippen molar-refractivity contribution in [2.45, 2.75) is 12.5 Å². The molecule has 41 valence electrons. The normalized spacial score (nSPS) is 33.0. The third kappa shape index (κ3) is 1.70. The first-order valence-corrected chi connectivity index (χ1v) is 3.64. The van der Waals surface area contributed by atoms with Gasteiger partial charge in [0.05, 0.1) is 6.10 Å². The van der Waals surface area contributed by atoms with Gasteiger partial charge in [-0.2, -0.15) is 11.8 Å². The average Bonchev–Trinajstić information content (AvgIpc) is 1.69. The van der Waals surface area contributed by atoms with Gasteiger partial charge < -0.3 is 5.11 Å². The molecule has 0 amide bonds. The molecule has 2 heteroatoms. The number of aliphatic hydroxyl groups excluding tert-OH is 1. The largest absolute Gasteiger partial charge is 0.392 e. The van der Waals surface area contributed by atoms with Crippen LogP contribution in [0.5, 0.6) is 0 Å². The van der Waals surface area contributed by atoms with Crippen LogP contribution in [0.1, 0.15) is 6.42 Å². The van der Waals surface area contributed by atoms with Crippen LogP contribution >= 0.6 is 11.8 Å². The number of rotatable bonds is 0. The van der Waals surface area contributed by atoms with Crippen LogP contribution in [0, 0.1) is 6.42 Å². The van der Waals surface area contributed by atoms with Gasteiger partial charge in [-0.3, -0.25) is 0 Å². The summed E-state index contributed by atoms with van der Waals surface area (Å²) in [5.41, 5.74) is 0. The average molecular weight is 117 g/mol. The Morgan fingerprint density at radius 1 is 1.71 bits per heavy atom. The van der Waals surface area contributed by atoms with E-state index in [2.05, 4.69) is 0 Å². The maximum absolute atomic E-state index is 8.83. The van der Waals surface area contributed by atoms with Gasteiger partial charge >= 0.3 is 0 Å². The Labute approximate surface area is 48.1 Å². The monoisotopic (exact) mass is 117 g/mol. The minimum atomic E-state index is -0.126. The van der Waals surface area contributed by atoms with Crippen molar-refractivity contribution in [2.75, 3.05) is 11.5 Å². The lowest BCUT2D eigenvalue weighted by Gasteiger charge is -2.13. The zero-order valence-corrected chi connectivity index (χ0v) is 4.95. The molecule has 1 saturated heterocycles. The molecule has 7 heavy (non-hydrogen) atoms. The maximum Gasteiger partial charge on any atom is 0.0662 e. The van der Waals surface area contributed by atoms with E-state index in [-0.39, 0.29) is 6.10 Å². The molecule has 1 heterocycles. The second-order valence-electron chi connectivity index (χ2n) is 1.67. The van der Waals surface area contributed by atoms with Gasteiger partial charge in [0.1, 0.15) is 0 Å². The van der Waals surface area contributed by atoms with E-state index in [4.69, 9.17) is 5.11 Å². The highest BCUT2D eigenvalue weighted by Gasteiger charge is 2.08. The number of hydrogen-bond acceptors (Lipinski definition) is 2. The molecule has 1 fully saturated rings. The molecule has 1 rings (SSSR count). The summed E-state index contributed by atoms with van der Waals surface area (Å²) in [6.45, 7) is 0.